The van der Waals surface area contributed by atoms with Crippen molar-refractivity contribution >= 4 is 22.7 Å². The highest BCUT2D eigenvalue weighted by molar-refractivity contribution is 6.33. The van der Waals surface area contributed by atoms with E-state index in [4.69, 9.17) is 5.11 Å². The number of aliphatic carboxylic acids is 1. The molecule has 0 amide bonds. The third-order valence-corrected chi connectivity index (χ3v) is 3.48. The molecule has 0 aliphatic rings. The second-order valence-corrected chi connectivity index (χ2v) is 5.56. The molecule has 1 aromatic carbocycles. The molecule has 1 atom stereocenters. The summed E-state index contributed by atoms with van der Waals surface area (Å²) < 4.78 is 0. The standard InChI is InChI=1S/C16H19NO3/c1-10(2)7-11(15(18)16(19)20)8-12-9-17-14-6-4-3-5-13(12)14/h3-6,9-11,17H,7-8H2,1-2H3,(H,19,20)/t11-/m0/s1. The van der Waals surface area contributed by atoms with Crippen molar-refractivity contribution < 1.29 is 14.7 Å². The number of aromatic nitrogens is 1. The second-order valence-electron chi connectivity index (χ2n) is 5.56. The first-order valence-electron chi connectivity index (χ1n) is 6.81. The lowest BCUT2D eigenvalue weighted by Gasteiger charge is -2.15. The van der Waals surface area contributed by atoms with Crippen LogP contribution in [0.5, 0.6) is 0 Å². The third-order valence-electron chi connectivity index (χ3n) is 3.48. The zero-order valence-electron chi connectivity index (χ0n) is 11.7. The highest BCUT2D eigenvalue weighted by Gasteiger charge is 2.26. The van der Waals surface area contributed by atoms with E-state index < -0.39 is 17.7 Å². The first-order chi connectivity index (χ1) is 9.49. The number of fused-ring (bicyclic) bond motifs is 1. The largest absolute Gasteiger partial charge is 0.475 e. The molecule has 0 unspecified atom stereocenters. The predicted octanol–water partition coefficient (Wildman–Crippen LogP) is 3.03. The number of Topliss-reactive ketones (excluding diaryl/α,β-unsaturated/α-hetero) is 1. The van der Waals surface area contributed by atoms with Crippen molar-refractivity contribution in [2.45, 2.75) is 26.7 Å². The number of hydrogen-bond acceptors (Lipinski definition) is 2. The number of H-pyrrole nitrogens is 1. The van der Waals surface area contributed by atoms with E-state index in [0.717, 1.165) is 16.5 Å². The number of aromatic amines is 1. The molecule has 106 valence electrons. The van der Waals surface area contributed by atoms with Gasteiger partial charge in [0.25, 0.3) is 0 Å². The third kappa shape index (κ3) is 3.07. The Morgan fingerprint density at radius 1 is 1.25 bits per heavy atom. The zero-order chi connectivity index (χ0) is 14.7. The van der Waals surface area contributed by atoms with Gasteiger partial charge in [0.1, 0.15) is 0 Å². The van der Waals surface area contributed by atoms with Crippen molar-refractivity contribution in [2.24, 2.45) is 11.8 Å². The molecule has 4 heteroatoms. The number of para-hydroxylation sites is 1. The van der Waals surface area contributed by atoms with E-state index in [1.165, 1.54) is 0 Å². The van der Waals surface area contributed by atoms with Crippen molar-refractivity contribution in [3.8, 4) is 0 Å². The fraction of sp³-hybridized carbons (Fsp3) is 0.375. The maximum absolute atomic E-state index is 11.8. The second kappa shape index (κ2) is 5.90. The summed E-state index contributed by atoms with van der Waals surface area (Å²) in [5.41, 5.74) is 2.01. The van der Waals surface area contributed by atoms with Gasteiger partial charge < -0.3 is 10.1 Å². The van der Waals surface area contributed by atoms with E-state index in [-0.39, 0.29) is 5.92 Å². The summed E-state index contributed by atoms with van der Waals surface area (Å²) in [5.74, 6) is -2.21. The van der Waals surface area contributed by atoms with E-state index in [9.17, 15) is 9.59 Å². The van der Waals surface area contributed by atoms with Crippen LogP contribution in [-0.4, -0.2) is 21.8 Å². The van der Waals surface area contributed by atoms with Gasteiger partial charge in [0.05, 0.1) is 0 Å². The number of carboxylic acid groups (broad SMARTS) is 1. The molecule has 0 aliphatic carbocycles. The van der Waals surface area contributed by atoms with Crippen molar-refractivity contribution in [1.82, 2.24) is 4.98 Å². The normalized spacial score (nSPS) is 12.8. The van der Waals surface area contributed by atoms with Gasteiger partial charge in [-0.25, -0.2) is 4.79 Å². The number of rotatable bonds is 6. The van der Waals surface area contributed by atoms with Crippen LogP contribution in [0.2, 0.25) is 0 Å². The SMILES string of the molecule is CC(C)C[C@@H](Cc1c[nH]c2ccccc12)C(=O)C(=O)O. The van der Waals surface area contributed by atoms with Gasteiger partial charge >= 0.3 is 5.97 Å². The van der Waals surface area contributed by atoms with Crippen LogP contribution in [0.1, 0.15) is 25.8 Å². The smallest absolute Gasteiger partial charge is 0.372 e. The topological polar surface area (TPSA) is 70.2 Å². The van der Waals surface area contributed by atoms with Gasteiger partial charge in [-0.15, -0.1) is 0 Å². The van der Waals surface area contributed by atoms with Gasteiger partial charge in [-0.1, -0.05) is 32.0 Å². The Balaban J connectivity index is 2.27. The van der Waals surface area contributed by atoms with Crippen LogP contribution in [0.25, 0.3) is 10.9 Å². The van der Waals surface area contributed by atoms with Crippen LogP contribution in [-0.2, 0) is 16.0 Å². The molecule has 0 radical (unpaired) electrons. The monoisotopic (exact) mass is 273 g/mol. The lowest BCUT2D eigenvalue weighted by molar-refractivity contribution is -0.151. The van der Waals surface area contributed by atoms with Crippen molar-refractivity contribution in [3.05, 3.63) is 36.0 Å². The average molecular weight is 273 g/mol. The van der Waals surface area contributed by atoms with Gasteiger partial charge in [0.15, 0.2) is 0 Å². The molecule has 0 fully saturated rings. The molecule has 0 saturated carbocycles. The lowest BCUT2D eigenvalue weighted by Crippen LogP contribution is -2.26. The quantitative estimate of drug-likeness (QED) is 0.795. The average Bonchev–Trinajstić information content (AvgIpc) is 2.80. The Labute approximate surface area is 117 Å². The predicted molar refractivity (Wildman–Crippen MR) is 77.6 cm³/mol. The molecule has 1 heterocycles. The Morgan fingerprint density at radius 3 is 2.60 bits per heavy atom. The summed E-state index contributed by atoms with van der Waals surface area (Å²) in [6.07, 6.45) is 2.92. The summed E-state index contributed by atoms with van der Waals surface area (Å²) in [5, 5.41) is 10.0. The number of hydrogen-bond donors (Lipinski definition) is 2. The molecular formula is C16H19NO3. The molecule has 1 aromatic heterocycles. The molecule has 20 heavy (non-hydrogen) atoms. The van der Waals surface area contributed by atoms with Crippen LogP contribution in [0, 0.1) is 11.8 Å². The van der Waals surface area contributed by atoms with Gasteiger partial charge in [0, 0.05) is 23.0 Å². The van der Waals surface area contributed by atoms with Crippen LogP contribution >= 0.6 is 0 Å². The maximum atomic E-state index is 11.8. The number of nitrogens with one attached hydrogen (secondary N) is 1. The van der Waals surface area contributed by atoms with E-state index in [2.05, 4.69) is 4.98 Å². The van der Waals surface area contributed by atoms with Gasteiger partial charge in [-0.3, -0.25) is 4.79 Å². The molecule has 0 aliphatic heterocycles. The fourth-order valence-electron chi connectivity index (χ4n) is 2.59. The first kappa shape index (κ1) is 14.3. The molecule has 0 saturated heterocycles. The van der Waals surface area contributed by atoms with Gasteiger partial charge in [-0.05, 0) is 30.4 Å². The van der Waals surface area contributed by atoms with Crippen molar-refractivity contribution in [1.29, 1.82) is 0 Å². The van der Waals surface area contributed by atoms with Gasteiger partial charge in [0.2, 0.25) is 5.78 Å². The minimum atomic E-state index is -1.34. The molecular weight excluding hydrogens is 254 g/mol. The highest BCUT2D eigenvalue weighted by atomic mass is 16.4. The maximum Gasteiger partial charge on any atom is 0.372 e. The minimum Gasteiger partial charge on any atom is -0.475 e. The Bertz CT molecular complexity index is 627. The highest BCUT2D eigenvalue weighted by Crippen LogP contribution is 2.24. The number of carbonyl (C=O) groups is 2. The van der Waals surface area contributed by atoms with Crippen molar-refractivity contribution in [2.75, 3.05) is 0 Å². The number of carbonyl (C=O) groups excluding carboxylic acids is 1. The fourth-order valence-corrected chi connectivity index (χ4v) is 2.59. The first-order valence-corrected chi connectivity index (χ1v) is 6.81. The van der Waals surface area contributed by atoms with E-state index in [1.807, 2.05) is 44.3 Å². The molecule has 4 nitrogen and oxygen atoms in total. The number of benzene rings is 1. The summed E-state index contributed by atoms with van der Waals surface area (Å²) in [7, 11) is 0. The lowest BCUT2D eigenvalue weighted by atomic mass is 9.87. The van der Waals surface area contributed by atoms with Crippen LogP contribution in [0.3, 0.4) is 0 Å². The molecule has 2 N–H and O–H groups in total. The summed E-state index contributed by atoms with van der Waals surface area (Å²) in [6, 6.07) is 7.83. The number of carboxylic acids is 1. The molecule has 0 spiro atoms. The van der Waals surface area contributed by atoms with Crippen LogP contribution in [0.4, 0.5) is 0 Å². The van der Waals surface area contributed by atoms with Crippen molar-refractivity contribution in [3.63, 3.8) is 0 Å². The molecule has 2 aromatic rings. The molecule has 2 rings (SSSR count). The Morgan fingerprint density at radius 2 is 1.95 bits per heavy atom. The summed E-state index contributed by atoms with van der Waals surface area (Å²) in [4.78, 5) is 25.9. The van der Waals surface area contributed by atoms with E-state index >= 15 is 0 Å². The Kier molecular flexibility index (Phi) is 4.23. The zero-order valence-corrected chi connectivity index (χ0v) is 11.7. The van der Waals surface area contributed by atoms with Gasteiger partial charge in [-0.2, -0.15) is 0 Å². The minimum absolute atomic E-state index is 0.286. The summed E-state index contributed by atoms with van der Waals surface area (Å²) >= 11 is 0. The van der Waals surface area contributed by atoms with Crippen LogP contribution in [0.15, 0.2) is 30.5 Å². The van der Waals surface area contributed by atoms with E-state index in [1.54, 1.807) is 0 Å². The van der Waals surface area contributed by atoms with E-state index in [0.29, 0.717) is 12.8 Å². The Hall–Kier alpha value is -2.10. The number of ketones is 1. The van der Waals surface area contributed by atoms with Crippen LogP contribution < -0.4 is 0 Å². The molecule has 0 bridgehead atoms. The summed E-state index contributed by atoms with van der Waals surface area (Å²) in [6.45, 7) is 3.99.